The van der Waals surface area contributed by atoms with Crippen molar-refractivity contribution in [1.82, 2.24) is 10.2 Å². The molecule has 0 radical (unpaired) electrons. The molecule has 3 aromatic rings. The predicted octanol–water partition coefficient (Wildman–Crippen LogP) is 2.90. The summed E-state index contributed by atoms with van der Waals surface area (Å²) in [5, 5.41) is 2.27. The summed E-state index contributed by atoms with van der Waals surface area (Å²) in [6.07, 6.45) is -0.583. The molecule has 2 saturated heterocycles. The topological polar surface area (TPSA) is 92.8 Å². The van der Waals surface area contributed by atoms with Crippen LogP contribution in [0, 0.1) is 0 Å². The molecule has 5 rings (SSSR count). The molecule has 0 aromatic heterocycles. The maximum absolute atomic E-state index is 13.3. The minimum atomic E-state index is -1.33. The van der Waals surface area contributed by atoms with Crippen LogP contribution in [0.15, 0.2) is 91.0 Å². The van der Waals surface area contributed by atoms with Crippen LogP contribution in [-0.2, 0) is 30.3 Å². The molecule has 2 amide bonds. The Morgan fingerprint density at radius 1 is 0.889 bits per heavy atom. The smallest absolute Gasteiger partial charge is 0.337 e. The first-order valence-electron chi connectivity index (χ1n) is 11.6. The van der Waals surface area contributed by atoms with Crippen molar-refractivity contribution in [3.63, 3.8) is 0 Å². The van der Waals surface area contributed by atoms with Gasteiger partial charge in [0.05, 0.1) is 12.2 Å². The van der Waals surface area contributed by atoms with Crippen molar-refractivity contribution in [2.75, 3.05) is 5.75 Å². The van der Waals surface area contributed by atoms with E-state index in [0.717, 1.165) is 16.7 Å². The minimum absolute atomic E-state index is 0.0562. The Hall–Kier alpha value is -3.91. The van der Waals surface area contributed by atoms with Crippen molar-refractivity contribution >= 4 is 35.3 Å². The Labute approximate surface area is 212 Å². The summed E-state index contributed by atoms with van der Waals surface area (Å²) in [6, 6.07) is 25.6. The van der Waals surface area contributed by atoms with Gasteiger partial charge in [-0.25, -0.2) is 4.79 Å². The number of ether oxygens (including phenoxy) is 1. The number of nitrogens with zero attached hydrogens (tertiary/aromatic N) is 1. The molecular formula is C28H24N2O5S. The van der Waals surface area contributed by atoms with E-state index in [4.69, 9.17) is 4.74 Å². The molecule has 3 unspecified atom stereocenters. The van der Waals surface area contributed by atoms with Crippen molar-refractivity contribution in [2.45, 2.75) is 30.0 Å². The van der Waals surface area contributed by atoms with E-state index >= 15 is 0 Å². The lowest BCUT2D eigenvalue weighted by Gasteiger charge is -2.51. The van der Waals surface area contributed by atoms with E-state index in [0.29, 0.717) is 0 Å². The van der Waals surface area contributed by atoms with Gasteiger partial charge in [-0.2, -0.15) is 0 Å². The van der Waals surface area contributed by atoms with Crippen molar-refractivity contribution in [3.05, 3.63) is 108 Å². The van der Waals surface area contributed by atoms with Crippen LogP contribution < -0.4 is 5.32 Å². The van der Waals surface area contributed by atoms with Crippen LogP contribution in [0.25, 0.3) is 0 Å². The molecule has 0 saturated carbocycles. The molecule has 7 nitrogen and oxygen atoms in total. The van der Waals surface area contributed by atoms with Crippen LogP contribution in [0.4, 0.5) is 0 Å². The number of fused-ring (bicyclic) bond motifs is 1. The van der Waals surface area contributed by atoms with Gasteiger partial charge in [-0.05, 0) is 16.7 Å². The van der Waals surface area contributed by atoms with Gasteiger partial charge in [0.1, 0.15) is 11.4 Å². The van der Waals surface area contributed by atoms with Gasteiger partial charge in [-0.1, -0.05) is 91.0 Å². The lowest BCUT2D eigenvalue weighted by molar-refractivity contribution is -0.170. The van der Waals surface area contributed by atoms with Gasteiger partial charge in [0, 0.05) is 0 Å². The summed E-state index contributed by atoms with van der Waals surface area (Å²) in [5.74, 6) is -1.85. The van der Waals surface area contributed by atoms with E-state index < -0.39 is 35.4 Å². The standard InChI is InChI=1S/C28H24N2O5S/c31-21-17-36-27-23(29-22(32)16-18-10-4-1-5-11-18)26(33)30(27)24(21)28(34)35-25(19-12-6-2-7-13-19)20-14-8-3-9-15-20/h1-15,23-25,27H,16-17H2,(H,29,32). The number of carbonyl (C=O) groups is 4. The molecule has 1 N–H and O–H groups in total. The number of benzene rings is 3. The molecule has 36 heavy (non-hydrogen) atoms. The van der Waals surface area contributed by atoms with Gasteiger partial charge < -0.3 is 15.0 Å². The van der Waals surface area contributed by atoms with Crippen molar-refractivity contribution < 1.29 is 23.9 Å². The van der Waals surface area contributed by atoms with Crippen molar-refractivity contribution in [1.29, 1.82) is 0 Å². The average Bonchev–Trinajstić information content (AvgIpc) is 2.91. The number of carbonyl (C=O) groups excluding carboxylic acids is 4. The van der Waals surface area contributed by atoms with Gasteiger partial charge in [0.15, 0.2) is 17.9 Å². The first-order chi connectivity index (χ1) is 17.5. The lowest BCUT2D eigenvalue weighted by Crippen LogP contribution is -2.76. The highest BCUT2D eigenvalue weighted by Crippen LogP contribution is 2.38. The Morgan fingerprint density at radius 2 is 1.44 bits per heavy atom. The van der Waals surface area contributed by atoms with E-state index in [-0.39, 0.29) is 23.9 Å². The van der Waals surface area contributed by atoms with Crippen LogP contribution in [0.1, 0.15) is 22.8 Å². The maximum Gasteiger partial charge on any atom is 0.337 e. The minimum Gasteiger partial charge on any atom is -0.451 e. The van der Waals surface area contributed by atoms with Gasteiger partial charge in [0.25, 0.3) is 0 Å². The molecule has 0 bridgehead atoms. The quantitative estimate of drug-likeness (QED) is 0.305. The van der Waals surface area contributed by atoms with Crippen LogP contribution in [0.3, 0.4) is 0 Å². The molecular weight excluding hydrogens is 476 g/mol. The Morgan fingerprint density at radius 3 is 2.03 bits per heavy atom. The van der Waals surface area contributed by atoms with Gasteiger partial charge in [-0.3, -0.25) is 14.4 Å². The van der Waals surface area contributed by atoms with Crippen molar-refractivity contribution in [3.8, 4) is 0 Å². The molecule has 3 aromatic carbocycles. The zero-order valence-electron chi connectivity index (χ0n) is 19.3. The number of hydrogen-bond acceptors (Lipinski definition) is 6. The Kier molecular flexibility index (Phi) is 6.86. The highest BCUT2D eigenvalue weighted by molar-refractivity contribution is 8.00. The van der Waals surface area contributed by atoms with Crippen LogP contribution in [0.2, 0.25) is 0 Å². The molecule has 8 heteroatoms. The number of thioether (sulfide) groups is 1. The molecule has 2 aliphatic heterocycles. The van der Waals surface area contributed by atoms with Crippen LogP contribution in [0.5, 0.6) is 0 Å². The zero-order chi connectivity index (χ0) is 25.1. The van der Waals surface area contributed by atoms with E-state index in [2.05, 4.69) is 5.32 Å². The van der Waals surface area contributed by atoms with Gasteiger partial charge in [0.2, 0.25) is 11.8 Å². The summed E-state index contributed by atoms with van der Waals surface area (Å²) >= 11 is 1.25. The second-order valence-corrected chi connectivity index (χ2v) is 9.77. The Bertz CT molecular complexity index is 1230. The molecule has 2 heterocycles. The first kappa shape index (κ1) is 23.8. The van der Waals surface area contributed by atoms with E-state index in [1.165, 1.54) is 16.7 Å². The number of ketones is 1. The third-order valence-electron chi connectivity index (χ3n) is 6.25. The largest absolute Gasteiger partial charge is 0.451 e. The van der Waals surface area contributed by atoms with E-state index in [1.807, 2.05) is 91.0 Å². The van der Waals surface area contributed by atoms with Gasteiger partial charge >= 0.3 is 5.97 Å². The summed E-state index contributed by atoms with van der Waals surface area (Å²) in [7, 11) is 0. The van der Waals surface area contributed by atoms with Crippen LogP contribution >= 0.6 is 11.8 Å². The second-order valence-electron chi connectivity index (χ2n) is 8.66. The number of hydrogen-bond donors (Lipinski definition) is 1. The molecule has 2 aliphatic rings. The number of esters is 1. The molecule has 182 valence electrons. The molecule has 0 spiro atoms. The third-order valence-corrected chi connectivity index (χ3v) is 7.54. The Balaban J connectivity index is 1.30. The molecule has 2 fully saturated rings. The zero-order valence-corrected chi connectivity index (χ0v) is 20.1. The SMILES string of the molecule is O=C(Cc1ccccc1)NC1C(=O)N2C(C(=O)OC(c3ccccc3)c3ccccc3)C(=O)CSC12. The summed E-state index contributed by atoms with van der Waals surface area (Å²) in [5.41, 5.74) is 2.35. The number of rotatable bonds is 7. The summed E-state index contributed by atoms with van der Waals surface area (Å²) in [6.45, 7) is 0. The predicted molar refractivity (Wildman–Crippen MR) is 135 cm³/mol. The normalized spacial score (nSPS) is 20.9. The fourth-order valence-electron chi connectivity index (χ4n) is 4.49. The van der Waals surface area contributed by atoms with E-state index in [9.17, 15) is 19.2 Å². The molecule has 3 atom stereocenters. The number of β-lactam (4-membered cyclic amide) rings is 1. The lowest BCUT2D eigenvalue weighted by atomic mass is 9.99. The highest BCUT2D eigenvalue weighted by atomic mass is 32.2. The van der Waals surface area contributed by atoms with Crippen LogP contribution in [-0.4, -0.2) is 51.7 Å². The number of Topliss-reactive ketones (excluding diaryl/α,β-unsaturated/α-hetero) is 1. The number of nitrogens with one attached hydrogen (secondary N) is 1. The summed E-state index contributed by atoms with van der Waals surface area (Å²) in [4.78, 5) is 52.9. The monoisotopic (exact) mass is 500 g/mol. The summed E-state index contributed by atoms with van der Waals surface area (Å²) < 4.78 is 5.88. The van der Waals surface area contributed by atoms with E-state index in [1.54, 1.807) is 0 Å². The van der Waals surface area contributed by atoms with Crippen molar-refractivity contribution in [2.24, 2.45) is 0 Å². The molecule has 0 aliphatic carbocycles. The fraction of sp³-hybridized carbons (Fsp3) is 0.214. The van der Waals surface area contributed by atoms with Gasteiger partial charge in [-0.15, -0.1) is 11.8 Å². The second kappa shape index (κ2) is 10.4. The fourth-order valence-corrected chi connectivity index (χ4v) is 5.74. The maximum atomic E-state index is 13.3. The first-order valence-corrected chi connectivity index (χ1v) is 12.7. The average molecular weight is 501 g/mol. The number of amides is 2. The third kappa shape index (κ3) is 4.77. The highest BCUT2D eigenvalue weighted by Gasteiger charge is 2.58.